The lowest BCUT2D eigenvalue weighted by Crippen LogP contribution is -2.36. The number of carbonyl (C=O) groups is 1. The molecule has 1 N–H and O–H groups in total. The van der Waals surface area contributed by atoms with Gasteiger partial charge < -0.3 is 19.7 Å². The lowest BCUT2D eigenvalue weighted by atomic mass is 10.2. The van der Waals surface area contributed by atoms with Crippen molar-refractivity contribution < 1.29 is 18.7 Å². The van der Waals surface area contributed by atoms with E-state index in [1.165, 1.54) is 4.90 Å². The van der Waals surface area contributed by atoms with Gasteiger partial charge in [0.1, 0.15) is 23.2 Å². The van der Waals surface area contributed by atoms with Crippen molar-refractivity contribution in [2.24, 2.45) is 0 Å². The minimum absolute atomic E-state index is 0.0414. The molecule has 10 heteroatoms. The third-order valence-corrected chi connectivity index (χ3v) is 4.99. The van der Waals surface area contributed by atoms with Crippen molar-refractivity contribution in [2.75, 3.05) is 18.4 Å². The fourth-order valence-electron chi connectivity index (χ4n) is 3.61. The summed E-state index contributed by atoms with van der Waals surface area (Å²) in [6, 6.07) is 4.87. The van der Waals surface area contributed by atoms with Gasteiger partial charge in [0.15, 0.2) is 0 Å². The number of ether oxygens (including phenoxy) is 2. The number of likely N-dealkylation sites (tertiary alicyclic amines) is 1. The second-order valence-electron chi connectivity index (χ2n) is 9.32. The predicted molar refractivity (Wildman–Crippen MR) is 122 cm³/mol. The van der Waals surface area contributed by atoms with Crippen LogP contribution in [0.5, 0.6) is 5.75 Å². The smallest absolute Gasteiger partial charge is 0.410 e. The van der Waals surface area contributed by atoms with Crippen LogP contribution in [0.25, 0.3) is 17.0 Å². The number of aromatic nitrogens is 4. The monoisotopic (exact) mass is 456 g/mol. The zero-order chi connectivity index (χ0) is 23.8. The van der Waals surface area contributed by atoms with Gasteiger partial charge in [-0.25, -0.2) is 24.1 Å². The standard InChI is InChI=1S/C23H29FN6O3/c1-14(2)32-15-7-9-30-19(11-26-20(30)10-15)17-6-8-25-21(27-17)28-18-13-29(12-16(18)24)22(31)33-23(3,4)5/h6-11,14,16,18H,12-13H2,1-5H3,(H,25,27,28)/t16-,18-/m0/s1. The van der Waals surface area contributed by atoms with Crippen LogP contribution in [0.15, 0.2) is 36.8 Å². The Labute approximate surface area is 192 Å². The average Bonchev–Trinajstić information content (AvgIpc) is 3.30. The normalized spacial score (nSPS) is 18.7. The van der Waals surface area contributed by atoms with Gasteiger partial charge in [0.2, 0.25) is 5.95 Å². The molecule has 4 heterocycles. The molecule has 0 saturated carbocycles. The molecular formula is C23H29FN6O3. The SMILES string of the molecule is CC(C)Oc1ccn2c(-c3ccnc(N[C@H]4CN(C(=O)OC(C)(C)C)C[C@@H]4F)n3)cnc2c1. The molecule has 9 nitrogen and oxygen atoms in total. The van der Waals surface area contributed by atoms with Crippen molar-refractivity contribution >= 4 is 17.7 Å². The van der Waals surface area contributed by atoms with Gasteiger partial charge in [-0.1, -0.05) is 0 Å². The molecule has 1 saturated heterocycles. The molecule has 0 bridgehead atoms. The van der Waals surface area contributed by atoms with Crippen molar-refractivity contribution in [1.29, 1.82) is 0 Å². The minimum atomic E-state index is -1.26. The van der Waals surface area contributed by atoms with E-state index in [0.717, 1.165) is 17.1 Å². The molecule has 4 rings (SSSR count). The Morgan fingerprint density at radius 1 is 1.24 bits per heavy atom. The van der Waals surface area contributed by atoms with Crippen molar-refractivity contribution in [2.45, 2.75) is 58.5 Å². The number of carbonyl (C=O) groups excluding carboxylic acids is 1. The summed E-state index contributed by atoms with van der Waals surface area (Å²) < 4.78 is 27.6. The first-order chi connectivity index (χ1) is 15.6. The number of hydrogen-bond donors (Lipinski definition) is 1. The fourth-order valence-corrected chi connectivity index (χ4v) is 3.61. The number of imidazole rings is 1. The van der Waals surface area contributed by atoms with E-state index < -0.39 is 23.9 Å². The number of amides is 1. The van der Waals surface area contributed by atoms with Crippen LogP contribution in [-0.2, 0) is 4.74 Å². The summed E-state index contributed by atoms with van der Waals surface area (Å²) in [6.45, 7) is 9.40. The number of alkyl halides is 1. The Balaban J connectivity index is 1.49. The molecule has 0 aromatic carbocycles. The number of hydrogen-bond acceptors (Lipinski definition) is 7. The van der Waals surface area contributed by atoms with Gasteiger partial charge in [0, 0.05) is 25.0 Å². The maximum absolute atomic E-state index is 14.6. The summed E-state index contributed by atoms with van der Waals surface area (Å²) in [6.07, 6.45) is 3.47. The first-order valence-electron chi connectivity index (χ1n) is 10.9. The Morgan fingerprint density at radius 3 is 2.76 bits per heavy atom. The van der Waals surface area contributed by atoms with Crippen molar-refractivity contribution in [1.82, 2.24) is 24.3 Å². The van der Waals surface area contributed by atoms with Crippen LogP contribution in [0.3, 0.4) is 0 Å². The summed E-state index contributed by atoms with van der Waals surface area (Å²) in [4.78, 5) is 26.9. The second-order valence-corrected chi connectivity index (χ2v) is 9.32. The maximum Gasteiger partial charge on any atom is 0.410 e. The number of halogens is 1. The van der Waals surface area contributed by atoms with Crippen molar-refractivity contribution in [3.63, 3.8) is 0 Å². The molecule has 0 spiro atoms. The quantitative estimate of drug-likeness (QED) is 0.621. The van der Waals surface area contributed by atoms with E-state index in [9.17, 15) is 9.18 Å². The van der Waals surface area contributed by atoms with E-state index in [4.69, 9.17) is 9.47 Å². The zero-order valence-electron chi connectivity index (χ0n) is 19.4. The van der Waals surface area contributed by atoms with Crippen LogP contribution in [-0.4, -0.2) is 67.4 Å². The number of pyridine rings is 1. The molecule has 0 radical (unpaired) electrons. The van der Waals surface area contributed by atoms with E-state index in [-0.39, 0.29) is 25.1 Å². The number of fused-ring (bicyclic) bond motifs is 1. The van der Waals surface area contributed by atoms with Gasteiger partial charge in [0.25, 0.3) is 0 Å². The molecule has 1 aliphatic rings. The molecule has 33 heavy (non-hydrogen) atoms. The summed E-state index contributed by atoms with van der Waals surface area (Å²) >= 11 is 0. The highest BCUT2D eigenvalue weighted by Crippen LogP contribution is 2.24. The van der Waals surface area contributed by atoms with Crippen LogP contribution >= 0.6 is 0 Å². The molecule has 176 valence electrons. The van der Waals surface area contributed by atoms with Gasteiger partial charge >= 0.3 is 6.09 Å². The van der Waals surface area contributed by atoms with Gasteiger partial charge in [-0.05, 0) is 46.8 Å². The number of nitrogens with one attached hydrogen (secondary N) is 1. The van der Waals surface area contributed by atoms with Crippen molar-refractivity contribution in [3.8, 4) is 17.1 Å². The van der Waals surface area contributed by atoms with Crippen LogP contribution in [0.4, 0.5) is 15.1 Å². The average molecular weight is 457 g/mol. The number of nitrogens with zero attached hydrogens (tertiary/aromatic N) is 5. The van der Waals surface area contributed by atoms with Gasteiger partial charge in [-0.15, -0.1) is 0 Å². The highest BCUT2D eigenvalue weighted by atomic mass is 19.1. The first kappa shape index (κ1) is 22.8. The van der Waals surface area contributed by atoms with E-state index in [2.05, 4.69) is 20.3 Å². The lowest BCUT2D eigenvalue weighted by molar-refractivity contribution is 0.0283. The van der Waals surface area contributed by atoms with Crippen LogP contribution in [0.2, 0.25) is 0 Å². The number of anilines is 1. The van der Waals surface area contributed by atoms with E-state index in [1.54, 1.807) is 39.2 Å². The van der Waals surface area contributed by atoms with Crippen LogP contribution < -0.4 is 10.1 Å². The zero-order valence-corrected chi connectivity index (χ0v) is 19.4. The van der Waals surface area contributed by atoms with Crippen LogP contribution in [0.1, 0.15) is 34.6 Å². The molecule has 2 atom stereocenters. The first-order valence-corrected chi connectivity index (χ1v) is 10.9. The molecule has 0 unspecified atom stereocenters. The molecular weight excluding hydrogens is 427 g/mol. The van der Waals surface area contributed by atoms with Gasteiger partial charge in [-0.3, -0.25) is 4.40 Å². The molecule has 1 fully saturated rings. The lowest BCUT2D eigenvalue weighted by Gasteiger charge is -2.24. The molecule has 0 aliphatic carbocycles. The number of rotatable bonds is 5. The third kappa shape index (κ3) is 5.32. The summed E-state index contributed by atoms with van der Waals surface area (Å²) in [5, 5.41) is 3.02. The van der Waals surface area contributed by atoms with Crippen LogP contribution in [0, 0.1) is 0 Å². The van der Waals surface area contributed by atoms with Crippen molar-refractivity contribution in [3.05, 3.63) is 36.8 Å². The fraction of sp³-hybridized carbons (Fsp3) is 0.478. The Morgan fingerprint density at radius 2 is 2.03 bits per heavy atom. The second kappa shape index (κ2) is 8.84. The maximum atomic E-state index is 14.6. The summed E-state index contributed by atoms with van der Waals surface area (Å²) in [7, 11) is 0. The van der Waals surface area contributed by atoms with E-state index >= 15 is 0 Å². The highest BCUT2D eigenvalue weighted by Gasteiger charge is 2.37. The minimum Gasteiger partial charge on any atom is -0.491 e. The Bertz CT molecular complexity index is 1140. The third-order valence-electron chi connectivity index (χ3n) is 4.99. The molecule has 3 aromatic rings. The molecule has 3 aromatic heterocycles. The summed E-state index contributed by atoms with van der Waals surface area (Å²) in [5.74, 6) is 1.02. The highest BCUT2D eigenvalue weighted by molar-refractivity contribution is 5.69. The van der Waals surface area contributed by atoms with E-state index in [1.807, 2.05) is 36.6 Å². The van der Waals surface area contributed by atoms with E-state index in [0.29, 0.717) is 5.69 Å². The largest absolute Gasteiger partial charge is 0.491 e. The topological polar surface area (TPSA) is 93.9 Å². The predicted octanol–water partition coefficient (Wildman–Crippen LogP) is 3.95. The molecule has 1 amide bonds. The van der Waals surface area contributed by atoms with Gasteiger partial charge in [0.05, 0.1) is 36.3 Å². The Kier molecular flexibility index (Phi) is 6.09. The Hall–Kier alpha value is -3.43. The summed E-state index contributed by atoms with van der Waals surface area (Å²) in [5.41, 5.74) is 1.49. The van der Waals surface area contributed by atoms with Gasteiger partial charge in [-0.2, -0.15) is 0 Å². The molecule has 1 aliphatic heterocycles.